The zero-order chi connectivity index (χ0) is 21.1. The number of nitrogens with zero attached hydrogens (tertiary/aromatic N) is 2. The third-order valence-electron chi connectivity index (χ3n) is 4.13. The highest BCUT2D eigenvalue weighted by Crippen LogP contribution is 2.20. The molecule has 10 heteroatoms. The van der Waals surface area contributed by atoms with E-state index in [1.165, 1.54) is 12.8 Å². The molecule has 0 radical (unpaired) electrons. The van der Waals surface area contributed by atoms with E-state index in [0.717, 1.165) is 19.6 Å². The zero-order valence-corrected chi connectivity index (χ0v) is 16.2. The Kier molecular flexibility index (Phi) is 9.95. The van der Waals surface area contributed by atoms with Crippen LogP contribution in [0.2, 0.25) is 5.02 Å². The Morgan fingerprint density at radius 1 is 1.32 bits per heavy atom. The smallest absolute Gasteiger partial charge is 0.414 e. The maximum absolute atomic E-state index is 12.0. The number of likely N-dealkylation sites (N-methyl/N-ethyl adjacent to an activating group) is 1. The molecule has 1 saturated heterocycles. The SMILES string of the molecule is CCN1CCCC1CNCC(=O)Nc1cc(Cl)ccc1C#N.O=C(O)C(=O)O. The first-order valence-electron chi connectivity index (χ1n) is 8.69. The highest BCUT2D eigenvalue weighted by atomic mass is 35.5. The molecule has 1 aromatic rings. The number of hydrogen-bond acceptors (Lipinski definition) is 6. The second-order valence-electron chi connectivity index (χ2n) is 6.02. The molecule has 28 heavy (non-hydrogen) atoms. The number of carbonyl (C=O) groups is 3. The lowest BCUT2D eigenvalue weighted by Crippen LogP contribution is -2.40. The molecule has 1 aliphatic rings. The number of aliphatic carboxylic acids is 2. The molecule has 152 valence electrons. The molecule has 1 fully saturated rings. The van der Waals surface area contributed by atoms with Gasteiger partial charge < -0.3 is 20.8 Å². The van der Waals surface area contributed by atoms with E-state index < -0.39 is 11.9 Å². The summed E-state index contributed by atoms with van der Waals surface area (Å²) in [7, 11) is 0. The summed E-state index contributed by atoms with van der Waals surface area (Å²) < 4.78 is 0. The summed E-state index contributed by atoms with van der Waals surface area (Å²) in [5, 5.41) is 30.2. The fourth-order valence-electron chi connectivity index (χ4n) is 2.81. The minimum absolute atomic E-state index is 0.167. The summed E-state index contributed by atoms with van der Waals surface area (Å²) in [6.07, 6.45) is 2.40. The van der Waals surface area contributed by atoms with E-state index in [-0.39, 0.29) is 12.5 Å². The number of carboxylic acids is 2. The number of anilines is 1. The number of halogens is 1. The maximum Gasteiger partial charge on any atom is 0.414 e. The van der Waals surface area contributed by atoms with Gasteiger partial charge in [0.25, 0.3) is 0 Å². The second kappa shape index (κ2) is 11.9. The van der Waals surface area contributed by atoms with Crippen LogP contribution in [0.15, 0.2) is 18.2 Å². The van der Waals surface area contributed by atoms with Crippen LogP contribution in [0.4, 0.5) is 5.69 Å². The minimum Gasteiger partial charge on any atom is -0.473 e. The van der Waals surface area contributed by atoms with Gasteiger partial charge >= 0.3 is 11.9 Å². The summed E-state index contributed by atoms with van der Waals surface area (Å²) in [4.78, 5) is 32.6. The fourth-order valence-corrected chi connectivity index (χ4v) is 2.98. The van der Waals surface area contributed by atoms with Crippen molar-refractivity contribution in [3.05, 3.63) is 28.8 Å². The van der Waals surface area contributed by atoms with Gasteiger partial charge in [-0.3, -0.25) is 9.69 Å². The van der Waals surface area contributed by atoms with E-state index >= 15 is 0 Å². The third kappa shape index (κ3) is 7.92. The van der Waals surface area contributed by atoms with Gasteiger partial charge in [0.1, 0.15) is 6.07 Å². The molecule has 1 heterocycles. The van der Waals surface area contributed by atoms with E-state index in [1.54, 1.807) is 18.2 Å². The van der Waals surface area contributed by atoms with Crippen LogP contribution in [0.25, 0.3) is 0 Å². The summed E-state index contributed by atoms with van der Waals surface area (Å²) >= 11 is 5.90. The number of carbonyl (C=O) groups excluding carboxylic acids is 1. The molecule has 1 aromatic carbocycles. The largest absolute Gasteiger partial charge is 0.473 e. The molecular formula is C18H23ClN4O5. The first kappa shape index (κ1) is 23.4. The number of rotatable bonds is 6. The Morgan fingerprint density at radius 3 is 2.57 bits per heavy atom. The molecule has 0 bridgehead atoms. The molecule has 9 nitrogen and oxygen atoms in total. The van der Waals surface area contributed by atoms with E-state index in [2.05, 4.69) is 22.5 Å². The van der Waals surface area contributed by atoms with Crippen LogP contribution in [-0.2, 0) is 14.4 Å². The fraction of sp³-hybridized carbons (Fsp3) is 0.444. The van der Waals surface area contributed by atoms with Gasteiger partial charge in [-0.15, -0.1) is 0 Å². The van der Waals surface area contributed by atoms with Crippen molar-refractivity contribution in [3.8, 4) is 6.07 Å². The highest BCUT2D eigenvalue weighted by molar-refractivity contribution is 6.31. The normalized spacial score (nSPS) is 15.8. The molecule has 0 aliphatic carbocycles. The second-order valence-corrected chi connectivity index (χ2v) is 6.45. The summed E-state index contributed by atoms with van der Waals surface area (Å²) in [5.41, 5.74) is 0.864. The van der Waals surface area contributed by atoms with E-state index in [9.17, 15) is 4.79 Å². The Balaban J connectivity index is 0.000000568. The van der Waals surface area contributed by atoms with Crippen LogP contribution < -0.4 is 10.6 Å². The Bertz CT molecular complexity index is 738. The van der Waals surface area contributed by atoms with Gasteiger partial charge in [0, 0.05) is 17.6 Å². The highest BCUT2D eigenvalue weighted by Gasteiger charge is 2.22. The van der Waals surface area contributed by atoms with Crippen molar-refractivity contribution in [2.24, 2.45) is 0 Å². The maximum atomic E-state index is 12.0. The van der Waals surface area contributed by atoms with Crippen LogP contribution in [0.1, 0.15) is 25.3 Å². The first-order chi connectivity index (χ1) is 13.3. The number of benzene rings is 1. The van der Waals surface area contributed by atoms with Crippen molar-refractivity contribution in [3.63, 3.8) is 0 Å². The average Bonchev–Trinajstić information content (AvgIpc) is 3.10. The van der Waals surface area contributed by atoms with Crippen LogP contribution in [0, 0.1) is 11.3 Å². The number of nitriles is 1. The van der Waals surface area contributed by atoms with Crippen molar-refractivity contribution in [1.82, 2.24) is 10.2 Å². The predicted octanol–water partition coefficient (Wildman–Crippen LogP) is 1.38. The Morgan fingerprint density at radius 2 is 2.00 bits per heavy atom. The molecule has 1 atom stereocenters. The molecule has 0 aromatic heterocycles. The van der Waals surface area contributed by atoms with E-state index in [1.807, 2.05) is 6.07 Å². The van der Waals surface area contributed by atoms with Gasteiger partial charge in [0.15, 0.2) is 0 Å². The number of carboxylic acid groups (broad SMARTS) is 2. The van der Waals surface area contributed by atoms with Gasteiger partial charge in [-0.25, -0.2) is 9.59 Å². The van der Waals surface area contributed by atoms with Crippen molar-refractivity contribution in [2.45, 2.75) is 25.8 Å². The topological polar surface area (TPSA) is 143 Å². The molecule has 0 saturated carbocycles. The summed E-state index contributed by atoms with van der Waals surface area (Å²) in [6, 6.07) is 7.38. The molecular weight excluding hydrogens is 388 g/mol. The lowest BCUT2D eigenvalue weighted by atomic mass is 10.2. The van der Waals surface area contributed by atoms with Gasteiger partial charge in [-0.1, -0.05) is 18.5 Å². The molecule has 1 aliphatic heterocycles. The van der Waals surface area contributed by atoms with Crippen LogP contribution >= 0.6 is 11.6 Å². The molecule has 0 spiro atoms. The zero-order valence-electron chi connectivity index (χ0n) is 15.4. The van der Waals surface area contributed by atoms with E-state index in [4.69, 9.17) is 36.7 Å². The van der Waals surface area contributed by atoms with Gasteiger partial charge in [0.2, 0.25) is 5.91 Å². The number of likely N-dealkylation sites (tertiary alicyclic amines) is 1. The lowest BCUT2D eigenvalue weighted by Gasteiger charge is -2.22. The van der Waals surface area contributed by atoms with Gasteiger partial charge in [-0.05, 0) is 44.1 Å². The monoisotopic (exact) mass is 410 g/mol. The van der Waals surface area contributed by atoms with Gasteiger partial charge in [0.05, 0.1) is 17.8 Å². The quantitative estimate of drug-likeness (QED) is 0.515. The van der Waals surface area contributed by atoms with Crippen molar-refractivity contribution in [2.75, 3.05) is 31.5 Å². The van der Waals surface area contributed by atoms with Crippen LogP contribution in [0.5, 0.6) is 0 Å². The standard InChI is InChI=1S/C16H21ClN4O.C2H2O4/c1-2-21-7-3-4-14(21)10-19-11-16(22)20-15-8-13(17)6-5-12(15)9-18;3-1(4)2(5)6/h5-6,8,14,19H,2-4,7,10-11H2,1H3,(H,20,22);(H,3,4)(H,5,6). The Hall–Kier alpha value is -2.67. The minimum atomic E-state index is -1.82. The first-order valence-corrected chi connectivity index (χ1v) is 9.06. The van der Waals surface area contributed by atoms with Crippen molar-refractivity contribution in [1.29, 1.82) is 5.26 Å². The number of hydrogen-bond donors (Lipinski definition) is 4. The summed E-state index contributed by atoms with van der Waals surface area (Å²) in [5.74, 6) is -3.81. The molecule has 2 rings (SSSR count). The Labute approximate surface area is 167 Å². The predicted molar refractivity (Wildman–Crippen MR) is 103 cm³/mol. The molecule has 1 unspecified atom stereocenters. The molecule has 4 N–H and O–H groups in total. The van der Waals surface area contributed by atoms with Crippen LogP contribution in [0.3, 0.4) is 0 Å². The molecule has 1 amide bonds. The van der Waals surface area contributed by atoms with Crippen molar-refractivity contribution >= 4 is 35.1 Å². The van der Waals surface area contributed by atoms with Gasteiger partial charge in [-0.2, -0.15) is 5.26 Å². The number of amides is 1. The third-order valence-corrected chi connectivity index (χ3v) is 4.36. The summed E-state index contributed by atoms with van der Waals surface area (Å²) in [6.45, 7) is 5.39. The van der Waals surface area contributed by atoms with Crippen LogP contribution in [-0.4, -0.2) is 65.2 Å². The number of nitrogens with one attached hydrogen (secondary N) is 2. The average molecular weight is 411 g/mol. The van der Waals surface area contributed by atoms with Crippen molar-refractivity contribution < 1.29 is 24.6 Å². The van der Waals surface area contributed by atoms with E-state index in [0.29, 0.717) is 22.3 Å². The lowest BCUT2D eigenvalue weighted by molar-refractivity contribution is -0.159.